The molecule has 0 fully saturated rings. The van der Waals surface area contributed by atoms with Crippen LogP contribution in [0.5, 0.6) is 11.5 Å². The highest BCUT2D eigenvalue weighted by Crippen LogP contribution is 2.23. The van der Waals surface area contributed by atoms with Gasteiger partial charge in [-0.3, -0.25) is 19.4 Å². The second-order valence-corrected chi connectivity index (χ2v) is 8.29. The number of pyridine rings is 2. The van der Waals surface area contributed by atoms with Gasteiger partial charge in [-0.25, -0.2) is 0 Å². The first-order valence-corrected chi connectivity index (χ1v) is 11.3. The summed E-state index contributed by atoms with van der Waals surface area (Å²) in [4.78, 5) is 45.0. The molecular weight excluding hydrogens is 448 g/mol. The van der Waals surface area contributed by atoms with Crippen molar-refractivity contribution in [2.24, 2.45) is 0 Å². The number of ether oxygens (including phenoxy) is 2. The van der Waals surface area contributed by atoms with Crippen molar-refractivity contribution in [2.45, 2.75) is 26.4 Å². The molecule has 0 saturated heterocycles. The molecule has 4 rings (SSSR count). The number of aromatic nitrogens is 2. The molecular formula is C26H28N4O5. The Labute approximate surface area is 203 Å². The number of amides is 2. The van der Waals surface area contributed by atoms with E-state index >= 15 is 0 Å². The smallest absolute Gasteiger partial charge is 0.257 e. The van der Waals surface area contributed by atoms with E-state index in [1.54, 1.807) is 34.9 Å². The summed E-state index contributed by atoms with van der Waals surface area (Å²) in [6.45, 7) is 3.12. The van der Waals surface area contributed by atoms with Crippen molar-refractivity contribution in [1.29, 1.82) is 0 Å². The van der Waals surface area contributed by atoms with Gasteiger partial charge in [-0.15, -0.1) is 0 Å². The van der Waals surface area contributed by atoms with Crippen LogP contribution in [0.1, 0.15) is 37.7 Å². The number of nitrogens with one attached hydrogen (secondary N) is 1. The molecule has 182 valence electrons. The van der Waals surface area contributed by atoms with Crippen molar-refractivity contribution in [3.05, 3.63) is 87.1 Å². The average molecular weight is 477 g/mol. The molecule has 3 heterocycles. The Morgan fingerprint density at radius 3 is 2.60 bits per heavy atom. The van der Waals surface area contributed by atoms with Gasteiger partial charge in [-0.05, 0) is 36.8 Å². The van der Waals surface area contributed by atoms with Gasteiger partial charge >= 0.3 is 0 Å². The molecule has 1 aliphatic rings. The Hall–Kier alpha value is -4.14. The zero-order valence-electron chi connectivity index (χ0n) is 20.0. The molecule has 0 unspecified atom stereocenters. The van der Waals surface area contributed by atoms with E-state index in [4.69, 9.17) is 9.47 Å². The molecule has 0 atom stereocenters. The summed E-state index contributed by atoms with van der Waals surface area (Å²) in [6.07, 6.45) is 1.89. The zero-order chi connectivity index (χ0) is 24.9. The minimum Gasteiger partial charge on any atom is -0.497 e. The maximum Gasteiger partial charge on any atom is 0.257 e. The summed E-state index contributed by atoms with van der Waals surface area (Å²) in [7, 11) is 3.02. The maximum absolute atomic E-state index is 13.3. The van der Waals surface area contributed by atoms with Crippen LogP contribution < -0.4 is 20.3 Å². The number of aryl methyl sites for hydroxylation is 1. The number of hydrogen-bond acceptors (Lipinski definition) is 6. The maximum atomic E-state index is 13.3. The summed E-state index contributed by atoms with van der Waals surface area (Å²) in [5.74, 6) is 0.403. The quantitative estimate of drug-likeness (QED) is 0.585. The Morgan fingerprint density at radius 1 is 1.06 bits per heavy atom. The summed E-state index contributed by atoms with van der Waals surface area (Å²) in [5.41, 5.74) is 2.78. The van der Waals surface area contributed by atoms with Crippen molar-refractivity contribution in [3.63, 3.8) is 0 Å². The minimum atomic E-state index is -0.351. The van der Waals surface area contributed by atoms with Gasteiger partial charge in [0.2, 0.25) is 0 Å². The normalized spacial score (nSPS) is 12.9. The molecule has 0 aliphatic carbocycles. The molecule has 0 saturated carbocycles. The van der Waals surface area contributed by atoms with Crippen LogP contribution in [-0.4, -0.2) is 53.6 Å². The number of benzene rings is 1. The van der Waals surface area contributed by atoms with Gasteiger partial charge in [-0.1, -0.05) is 12.1 Å². The first-order valence-electron chi connectivity index (χ1n) is 11.3. The van der Waals surface area contributed by atoms with Gasteiger partial charge in [0.25, 0.3) is 17.4 Å². The summed E-state index contributed by atoms with van der Waals surface area (Å²) in [6, 6.07) is 12.3. The van der Waals surface area contributed by atoms with Crippen molar-refractivity contribution in [1.82, 2.24) is 19.8 Å². The van der Waals surface area contributed by atoms with Crippen LogP contribution in [0, 0.1) is 6.92 Å². The van der Waals surface area contributed by atoms with E-state index in [0.717, 1.165) is 11.3 Å². The lowest BCUT2D eigenvalue weighted by atomic mass is 10.1. The second kappa shape index (κ2) is 10.4. The van der Waals surface area contributed by atoms with Crippen LogP contribution in [0.2, 0.25) is 0 Å². The SMILES string of the molecule is COc1cccc(CNC(=O)c2c(OC)cc(=O)n3c2CCN(C(=O)c2ccc(C)nc2)CC3)c1. The van der Waals surface area contributed by atoms with Gasteiger partial charge in [-0.2, -0.15) is 0 Å². The summed E-state index contributed by atoms with van der Waals surface area (Å²) < 4.78 is 12.2. The fraction of sp³-hybridized carbons (Fsp3) is 0.308. The van der Waals surface area contributed by atoms with E-state index in [-0.39, 0.29) is 36.2 Å². The largest absolute Gasteiger partial charge is 0.497 e. The summed E-state index contributed by atoms with van der Waals surface area (Å²) in [5, 5.41) is 2.92. The highest BCUT2D eigenvalue weighted by Gasteiger charge is 2.27. The lowest BCUT2D eigenvalue weighted by molar-refractivity contribution is 0.0758. The molecule has 0 spiro atoms. The van der Waals surface area contributed by atoms with Gasteiger partial charge < -0.3 is 24.3 Å². The Balaban J connectivity index is 1.59. The number of hydrogen-bond donors (Lipinski definition) is 1. The number of rotatable bonds is 6. The monoisotopic (exact) mass is 476 g/mol. The predicted octanol–water partition coefficient (Wildman–Crippen LogP) is 2.20. The van der Waals surface area contributed by atoms with E-state index in [2.05, 4.69) is 10.3 Å². The highest BCUT2D eigenvalue weighted by molar-refractivity contribution is 5.98. The first kappa shape index (κ1) is 24.0. The van der Waals surface area contributed by atoms with Crippen molar-refractivity contribution in [3.8, 4) is 11.5 Å². The topological polar surface area (TPSA) is 103 Å². The number of carbonyl (C=O) groups excluding carboxylic acids is 2. The molecule has 1 aromatic carbocycles. The number of nitrogens with zero attached hydrogens (tertiary/aromatic N) is 3. The van der Waals surface area contributed by atoms with Crippen LogP contribution in [-0.2, 0) is 19.5 Å². The Kier molecular flexibility index (Phi) is 7.14. The first-order chi connectivity index (χ1) is 16.9. The third-order valence-corrected chi connectivity index (χ3v) is 6.07. The average Bonchev–Trinajstić information content (AvgIpc) is 3.11. The number of fused-ring (bicyclic) bond motifs is 1. The van der Waals surface area contributed by atoms with Crippen LogP contribution in [0.4, 0.5) is 0 Å². The van der Waals surface area contributed by atoms with Gasteiger partial charge in [0.1, 0.15) is 17.1 Å². The van der Waals surface area contributed by atoms with E-state index in [0.29, 0.717) is 42.1 Å². The van der Waals surface area contributed by atoms with E-state index in [1.807, 2.05) is 31.2 Å². The minimum absolute atomic E-state index is 0.158. The van der Waals surface area contributed by atoms with Crippen LogP contribution in [0.3, 0.4) is 0 Å². The number of methoxy groups -OCH3 is 2. The molecule has 9 heteroatoms. The molecule has 35 heavy (non-hydrogen) atoms. The number of carbonyl (C=O) groups is 2. The Bertz CT molecular complexity index is 1300. The molecule has 9 nitrogen and oxygen atoms in total. The van der Waals surface area contributed by atoms with Crippen LogP contribution in [0.25, 0.3) is 0 Å². The van der Waals surface area contributed by atoms with Crippen molar-refractivity contribution < 1.29 is 19.1 Å². The Morgan fingerprint density at radius 2 is 1.89 bits per heavy atom. The molecule has 0 radical (unpaired) electrons. The summed E-state index contributed by atoms with van der Waals surface area (Å²) >= 11 is 0. The lowest BCUT2D eigenvalue weighted by Crippen LogP contribution is -2.34. The van der Waals surface area contributed by atoms with E-state index in [9.17, 15) is 14.4 Å². The van der Waals surface area contributed by atoms with E-state index in [1.165, 1.54) is 13.2 Å². The highest BCUT2D eigenvalue weighted by atomic mass is 16.5. The van der Waals surface area contributed by atoms with Gasteiger partial charge in [0.05, 0.1) is 19.8 Å². The molecule has 2 aromatic heterocycles. The predicted molar refractivity (Wildman–Crippen MR) is 130 cm³/mol. The third-order valence-electron chi connectivity index (χ3n) is 6.07. The lowest BCUT2D eigenvalue weighted by Gasteiger charge is -2.19. The molecule has 0 bridgehead atoms. The van der Waals surface area contributed by atoms with E-state index < -0.39 is 0 Å². The fourth-order valence-corrected chi connectivity index (χ4v) is 4.19. The van der Waals surface area contributed by atoms with Crippen molar-refractivity contribution in [2.75, 3.05) is 27.3 Å². The molecule has 2 amide bonds. The van der Waals surface area contributed by atoms with Gasteiger partial charge in [0.15, 0.2) is 0 Å². The molecule has 1 N–H and O–H groups in total. The zero-order valence-corrected chi connectivity index (χ0v) is 20.0. The fourth-order valence-electron chi connectivity index (χ4n) is 4.19. The van der Waals surface area contributed by atoms with Crippen LogP contribution >= 0.6 is 0 Å². The standard InChI is InChI=1S/C26H28N4O5/c1-17-7-8-19(16-27-17)26(33)29-10-9-21-24(22(35-3)14-23(31)30(21)12-11-29)25(32)28-15-18-5-4-6-20(13-18)34-2/h4-8,13-14,16H,9-12,15H2,1-3H3,(H,28,32). The van der Waals surface area contributed by atoms with Gasteiger partial charge in [0, 0.05) is 56.3 Å². The second-order valence-electron chi connectivity index (χ2n) is 8.29. The third kappa shape index (κ3) is 5.18. The van der Waals surface area contributed by atoms with Crippen molar-refractivity contribution >= 4 is 11.8 Å². The van der Waals surface area contributed by atoms with Crippen LogP contribution in [0.15, 0.2) is 53.5 Å². The molecule has 1 aliphatic heterocycles. The molecule has 3 aromatic rings.